The molecular formula is C61H44N2. The van der Waals surface area contributed by atoms with Crippen LogP contribution in [0.1, 0.15) is 52.1 Å². The Morgan fingerprint density at radius 3 is 1.68 bits per heavy atom. The van der Waals surface area contributed by atoms with Gasteiger partial charge in [-0.2, -0.15) is 0 Å². The highest BCUT2D eigenvalue weighted by Gasteiger charge is 2.51. The predicted molar refractivity (Wildman–Crippen MR) is 262 cm³/mol. The first-order valence-corrected chi connectivity index (χ1v) is 22.4. The average molecular weight is 805 g/mol. The first-order chi connectivity index (χ1) is 31.3. The molecule has 8 aromatic rings. The van der Waals surface area contributed by atoms with Gasteiger partial charge in [0.1, 0.15) is 0 Å². The zero-order chi connectivity index (χ0) is 41.5. The molecule has 0 radical (unpaired) electrons. The molecule has 0 N–H and O–H groups in total. The molecule has 1 heterocycles. The number of fused-ring (bicyclic) bond motifs is 13. The van der Waals surface area contributed by atoms with Crippen molar-refractivity contribution < 1.29 is 0 Å². The van der Waals surface area contributed by atoms with Crippen molar-refractivity contribution in [3.8, 4) is 33.4 Å². The van der Waals surface area contributed by atoms with Crippen molar-refractivity contribution in [1.29, 1.82) is 0 Å². The summed E-state index contributed by atoms with van der Waals surface area (Å²) in [5.41, 5.74) is 23.1. The number of hydrogen-bond donors (Lipinski definition) is 0. The van der Waals surface area contributed by atoms with Crippen LogP contribution in [0.3, 0.4) is 0 Å². The zero-order valence-corrected chi connectivity index (χ0v) is 34.9. The van der Waals surface area contributed by atoms with E-state index in [9.17, 15) is 0 Å². The highest BCUT2D eigenvalue weighted by Crippen LogP contribution is 2.63. The standard InChI is InChI=1S/C61H44N2/c1-3-15-41(16-4-1)42-27-32-46(33-28-42)62(47-34-29-43(30-35-47)44-31-38-60-54(39-44)53-22-10-14-26-59(53)63(60)45-17-5-2-6-18-45)48-36-37-52-51-21-9-13-25-57(51)61(58(52)40-48)55-23-11-7-19-49(55)50-20-8-12-24-56(50)61/h1-29,31-34,36-40,53,59H,30,35H2. The molecule has 5 aliphatic rings. The lowest BCUT2D eigenvalue weighted by atomic mass is 9.70. The number of nitrogens with zero attached hydrogens (tertiary/aromatic N) is 2. The Labute approximate surface area is 369 Å². The monoisotopic (exact) mass is 804 g/mol. The Kier molecular flexibility index (Phi) is 8.11. The highest BCUT2D eigenvalue weighted by atomic mass is 15.2. The van der Waals surface area contributed by atoms with Crippen molar-refractivity contribution in [3.63, 3.8) is 0 Å². The first kappa shape index (κ1) is 36.0. The van der Waals surface area contributed by atoms with Crippen molar-refractivity contribution in [3.05, 3.63) is 270 Å². The van der Waals surface area contributed by atoms with E-state index < -0.39 is 5.41 Å². The molecule has 2 atom stereocenters. The van der Waals surface area contributed by atoms with Crippen LogP contribution in [0.2, 0.25) is 0 Å². The zero-order valence-electron chi connectivity index (χ0n) is 34.9. The summed E-state index contributed by atoms with van der Waals surface area (Å²) in [7, 11) is 0. The molecular weight excluding hydrogens is 761 g/mol. The summed E-state index contributed by atoms with van der Waals surface area (Å²) in [6.45, 7) is 0. The predicted octanol–water partition coefficient (Wildman–Crippen LogP) is 15.3. The number of para-hydroxylation sites is 1. The quantitative estimate of drug-likeness (QED) is 0.165. The van der Waals surface area contributed by atoms with Gasteiger partial charge >= 0.3 is 0 Å². The van der Waals surface area contributed by atoms with Gasteiger partial charge in [-0.1, -0.05) is 176 Å². The lowest BCUT2D eigenvalue weighted by Crippen LogP contribution is -2.28. The highest BCUT2D eigenvalue weighted by molar-refractivity contribution is 5.96. The van der Waals surface area contributed by atoms with E-state index in [1.165, 1.54) is 95.1 Å². The molecule has 0 saturated carbocycles. The van der Waals surface area contributed by atoms with Gasteiger partial charge in [-0.3, -0.25) is 0 Å². The van der Waals surface area contributed by atoms with E-state index in [2.05, 4.69) is 240 Å². The Hall–Kier alpha value is -7.68. The summed E-state index contributed by atoms with van der Waals surface area (Å²) >= 11 is 0. The van der Waals surface area contributed by atoms with Gasteiger partial charge in [0.2, 0.25) is 0 Å². The molecule has 2 unspecified atom stereocenters. The maximum Gasteiger partial charge on any atom is 0.0726 e. The third kappa shape index (κ3) is 5.38. The van der Waals surface area contributed by atoms with E-state index in [0.29, 0.717) is 5.92 Å². The van der Waals surface area contributed by atoms with E-state index in [0.717, 1.165) is 18.5 Å². The maximum atomic E-state index is 2.52. The van der Waals surface area contributed by atoms with Gasteiger partial charge in [-0.05, 0) is 140 Å². The van der Waals surface area contributed by atoms with Gasteiger partial charge < -0.3 is 9.80 Å². The second kappa shape index (κ2) is 14.2. The van der Waals surface area contributed by atoms with Crippen LogP contribution in [0.15, 0.2) is 236 Å². The molecule has 0 amide bonds. The number of rotatable bonds is 6. The summed E-state index contributed by atoms with van der Waals surface area (Å²) < 4.78 is 0. The van der Waals surface area contributed by atoms with Crippen LogP contribution in [-0.2, 0) is 5.41 Å². The molecule has 1 aliphatic heterocycles. The fourth-order valence-electron chi connectivity index (χ4n) is 11.6. The van der Waals surface area contributed by atoms with E-state index in [1.54, 1.807) is 0 Å². The fourth-order valence-corrected chi connectivity index (χ4v) is 11.6. The largest absolute Gasteiger partial charge is 0.333 e. The van der Waals surface area contributed by atoms with Crippen LogP contribution in [-0.4, -0.2) is 6.04 Å². The Morgan fingerprint density at radius 1 is 0.444 bits per heavy atom. The van der Waals surface area contributed by atoms with Gasteiger partial charge in [0.25, 0.3) is 0 Å². The van der Waals surface area contributed by atoms with E-state index in [1.807, 2.05) is 0 Å². The smallest absolute Gasteiger partial charge is 0.0726 e. The number of anilines is 4. The Morgan fingerprint density at radius 2 is 1.02 bits per heavy atom. The van der Waals surface area contributed by atoms with Crippen LogP contribution in [0.25, 0.3) is 39.0 Å². The van der Waals surface area contributed by atoms with E-state index in [4.69, 9.17) is 0 Å². The molecule has 0 saturated heterocycles. The molecule has 63 heavy (non-hydrogen) atoms. The molecule has 0 fully saturated rings. The minimum atomic E-state index is -0.405. The van der Waals surface area contributed by atoms with Gasteiger partial charge in [-0.25, -0.2) is 0 Å². The van der Waals surface area contributed by atoms with Crippen molar-refractivity contribution in [2.75, 3.05) is 9.80 Å². The van der Waals surface area contributed by atoms with Crippen molar-refractivity contribution in [1.82, 2.24) is 0 Å². The average Bonchev–Trinajstić information content (AvgIpc) is 3.96. The van der Waals surface area contributed by atoms with Crippen LogP contribution in [0, 0.1) is 0 Å². The van der Waals surface area contributed by atoms with Gasteiger partial charge in [-0.15, -0.1) is 0 Å². The number of benzene rings is 8. The topological polar surface area (TPSA) is 6.48 Å². The third-order valence-corrected chi connectivity index (χ3v) is 14.3. The lowest BCUT2D eigenvalue weighted by molar-refractivity contribution is 0.744. The van der Waals surface area contributed by atoms with Crippen LogP contribution in [0.4, 0.5) is 22.7 Å². The summed E-state index contributed by atoms with van der Waals surface area (Å²) in [4.78, 5) is 5.04. The molecule has 2 heteroatoms. The summed E-state index contributed by atoms with van der Waals surface area (Å²) in [5, 5.41) is 0. The normalized spacial score (nSPS) is 17.9. The molecule has 2 nitrogen and oxygen atoms in total. The van der Waals surface area contributed by atoms with Gasteiger partial charge in [0.15, 0.2) is 0 Å². The molecule has 0 bridgehead atoms. The molecule has 1 spiro atoms. The second-order valence-corrected chi connectivity index (χ2v) is 17.5. The minimum absolute atomic E-state index is 0.279. The minimum Gasteiger partial charge on any atom is -0.333 e. The molecule has 298 valence electrons. The molecule has 0 aromatic heterocycles. The second-order valence-electron chi connectivity index (χ2n) is 17.5. The summed E-state index contributed by atoms with van der Waals surface area (Å²) in [5.74, 6) is 0.322. The molecule has 13 rings (SSSR count). The Bertz CT molecular complexity index is 3180. The maximum absolute atomic E-state index is 2.52. The van der Waals surface area contributed by atoms with Crippen molar-refractivity contribution in [2.45, 2.75) is 30.2 Å². The first-order valence-electron chi connectivity index (χ1n) is 22.4. The van der Waals surface area contributed by atoms with Crippen molar-refractivity contribution >= 4 is 28.3 Å². The van der Waals surface area contributed by atoms with Crippen molar-refractivity contribution in [2.24, 2.45) is 0 Å². The van der Waals surface area contributed by atoms with Crippen LogP contribution in [0.5, 0.6) is 0 Å². The van der Waals surface area contributed by atoms with E-state index in [-0.39, 0.29) is 6.04 Å². The summed E-state index contributed by atoms with van der Waals surface area (Å²) in [6, 6.07) is 72.7. The van der Waals surface area contributed by atoms with Crippen LogP contribution >= 0.6 is 0 Å². The lowest BCUT2D eigenvalue weighted by Gasteiger charge is -2.33. The summed E-state index contributed by atoms with van der Waals surface area (Å²) in [6.07, 6.45) is 15.8. The van der Waals surface area contributed by atoms with E-state index >= 15 is 0 Å². The van der Waals surface area contributed by atoms with Crippen LogP contribution < -0.4 is 9.80 Å². The SMILES string of the molecule is C1=CC2c3cc(C4=CC=C(N(c5ccc(-c6ccccc6)cc5)c5ccc6c(c5)C5(c7ccccc7-c7ccccc75)c5ccccc5-6)CC4)ccc3N(c3ccccc3)C2C=C1. The Balaban J connectivity index is 0.942. The van der Waals surface area contributed by atoms with Gasteiger partial charge in [0.05, 0.1) is 11.5 Å². The number of allylic oxidation sites excluding steroid dienone is 6. The third-order valence-electron chi connectivity index (χ3n) is 14.3. The van der Waals surface area contributed by atoms with Gasteiger partial charge in [0, 0.05) is 34.4 Å². The number of hydrogen-bond acceptors (Lipinski definition) is 2. The molecule has 8 aromatic carbocycles. The molecule has 4 aliphatic carbocycles. The fraction of sp³-hybridized carbons (Fsp3) is 0.0820.